The van der Waals surface area contributed by atoms with Gasteiger partial charge in [0.05, 0.1) is 12.1 Å². The van der Waals surface area contributed by atoms with Gasteiger partial charge < -0.3 is 10.1 Å². The van der Waals surface area contributed by atoms with Crippen molar-refractivity contribution in [1.82, 2.24) is 4.98 Å². The number of aromatic nitrogens is 1. The second-order valence-electron chi connectivity index (χ2n) is 4.74. The Morgan fingerprint density at radius 1 is 1.36 bits per heavy atom. The molecule has 114 valence electrons. The smallest absolute Gasteiger partial charge is 0.341 e. The average molecular weight is 317 g/mol. The molecular weight excluding hydrogens is 300 g/mol. The lowest BCUT2D eigenvalue weighted by Crippen LogP contribution is -2.07. The van der Waals surface area contributed by atoms with Gasteiger partial charge in [-0.1, -0.05) is 29.8 Å². The molecule has 4 nitrogen and oxygen atoms in total. The van der Waals surface area contributed by atoms with Crippen LogP contribution in [-0.2, 0) is 4.74 Å². The number of hydrogen-bond acceptors (Lipinski definition) is 4. The number of carbonyl (C=O) groups is 1. The minimum absolute atomic E-state index is 0.295. The summed E-state index contributed by atoms with van der Waals surface area (Å²) in [7, 11) is 1.32. The molecule has 22 heavy (non-hydrogen) atoms. The van der Waals surface area contributed by atoms with E-state index in [2.05, 4.69) is 10.3 Å². The monoisotopic (exact) mass is 316 g/mol. The molecule has 1 heterocycles. The van der Waals surface area contributed by atoms with E-state index >= 15 is 0 Å². The summed E-state index contributed by atoms with van der Waals surface area (Å²) in [6, 6.07) is 7.46. The second-order valence-corrected chi connectivity index (χ2v) is 5.17. The molecule has 0 bridgehead atoms. The number of benzene rings is 1. The van der Waals surface area contributed by atoms with Gasteiger partial charge in [-0.15, -0.1) is 0 Å². The standard InChI is InChI=1S/C17H17ClN2O2/c1-4-5-12-8-14(7-6-11(12)2)20-16-15(17(21)22-3)9-13(18)10-19-16/h4-10H,1-3H3,(H,19,20)/b5-4-. The van der Waals surface area contributed by atoms with Gasteiger partial charge in [0, 0.05) is 11.9 Å². The van der Waals surface area contributed by atoms with Crippen molar-refractivity contribution in [2.45, 2.75) is 13.8 Å². The molecule has 0 atom stereocenters. The number of esters is 1. The molecule has 0 amide bonds. The Hall–Kier alpha value is -2.33. The number of carbonyl (C=O) groups excluding carboxylic acids is 1. The van der Waals surface area contributed by atoms with Gasteiger partial charge in [0.15, 0.2) is 0 Å². The number of allylic oxidation sites excluding steroid dienone is 1. The molecule has 1 N–H and O–H groups in total. The van der Waals surface area contributed by atoms with E-state index in [1.807, 2.05) is 44.2 Å². The Balaban J connectivity index is 2.39. The van der Waals surface area contributed by atoms with Crippen LogP contribution in [0.15, 0.2) is 36.5 Å². The number of nitrogens with one attached hydrogen (secondary N) is 1. The van der Waals surface area contributed by atoms with Gasteiger partial charge in [-0.2, -0.15) is 0 Å². The van der Waals surface area contributed by atoms with Crippen LogP contribution < -0.4 is 5.32 Å². The molecule has 0 radical (unpaired) electrons. The van der Waals surface area contributed by atoms with E-state index in [-0.39, 0.29) is 0 Å². The first kappa shape index (κ1) is 16.0. The summed E-state index contributed by atoms with van der Waals surface area (Å²) in [6.45, 7) is 4.01. The molecule has 1 aromatic heterocycles. The molecule has 0 aliphatic rings. The maximum Gasteiger partial charge on any atom is 0.341 e. The molecule has 5 heteroatoms. The van der Waals surface area contributed by atoms with Gasteiger partial charge in [-0.05, 0) is 43.2 Å². The van der Waals surface area contributed by atoms with Crippen molar-refractivity contribution in [3.8, 4) is 0 Å². The molecule has 2 rings (SSSR count). The molecule has 0 spiro atoms. The first-order chi connectivity index (χ1) is 10.5. The van der Waals surface area contributed by atoms with Crippen LogP contribution in [0.25, 0.3) is 6.08 Å². The van der Waals surface area contributed by atoms with Gasteiger partial charge in [0.2, 0.25) is 0 Å². The third kappa shape index (κ3) is 3.65. The summed E-state index contributed by atoms with van der Waals surface area (Å²) >= 11 is 5.90. The highest BCUT2D eigenvalue weighted by molar-refractivity contribution is 6.30. The fourth-order valence-electron chi connectivity index (χ4n) is 2.02. The zero-order valence-electron chi connectivity index (χ0n) is 12.7. The van der Waals surface area contributed by atoms with E-state index < -0.39 is 5.97 Å². The minimum Gasteiger partial charge on any atom is -0.465 e. The van der Waals surface area contributed by atoms with E-state index in [0.717, 1.165) is 11.3 Å². The predicted molar refractivity (Wildman–Crippen MR) is 89.8 cm³/mol. The number of hydrogen-bond donors (Lipinski definition) is 1. The lowest BCUT2D eigenvalue weighted by Gasteiger charge is -2.11. The molecule has 0 unspecified atom stereocenters. The number of ether oxygens (including phenoxy) is 1. The molecule has 0 saturated carbocycles. The van der Waals surface area contributed by atoms with Gasteiger partial charge in [0.25, 0.3) is 0 Å². The molecular formula is C17H17ClN2O2. The van der Waals surface area contributed by atoms with Crippen molar-refractivity contribution in [3.05, 3.63) is 58.3 Å². The molecule has 0 aliphatic heterocycles. The molecule has 0 saturated heterocycles. The van der Waals surface area contributed by atoms with Gasteiger partial charge >= 0.3 is 5.97 Å². The normalized spacial score (nSPS) is 10.7. The molecule has 1 aromatic carbocycles. The van der Waals surface area contributed by atoms with Crippen LogP contribution in [0, 0.1) is 6.92 Å². The summed E-state index contributed by atoms with van der Waals surface area (Å²) in [4.78, 5) is 16.0. The quantitative estimate of drug-likeness (QED) is 0.837. The van der Waals surface area contributed by atoms with Crippen LogP contribution in [0.3, 0.4) is 0 Å². The highest BCUT2D eigenvalue weighted by Gasteiger charge is 2.14. The zero-order chi connectivity index (χ0) is 16.1. The van der Waals surface area contributed by atoms with Crippen LogP contribution in [0.4, 0.5) is 11.5 Å². The van der Waals surface area contributed by atoms with Crippen molar-refractivity contribution in [2.24, 2.45) is 0 Å². The van der Waals surface area contributed by atoms with E-state index in [0.29, 0.717) is 16.4 Å². The van der Waals surface area contributed by atoms with E-state index in [4.69, 9.17) is 16.3 Å². The lowest BCUT2D eigenvalue weighted by atomic mass is 10.1. The average Bonchev–Trinajstić information content (AvgIpc) is 2.51. The van der Waals surface area contributed by atoms with Crippen molar-refractivity contribution < 1.29 is 9.53 Å². The van der Waals surface area contributed by atoms with Crippen molar-refractivity contribution in [3.63, 3.8) is 0 Å². The maximum absolute atomic E-state index is 11.8. The van der Waals surface area contributed by atoms with Gasteiger partial charge in [0.1, 0.15) is 11.4 Å². The fraction of sp³-hybridized carbons (Fsp3) is 0.176. The topological polar surface area (TPSA) is 51.2 Å². The number of nitrogens with zero attached hydrogens (tertiary/aromatic N) is 1. The van der Waals surface area contributed by atoms with Crippen LogP contribution in [0.1, 0.15) is 28.4 Å². The highest BCUT2D eigenvalue weighted by Crippen LogP contribution is 2.24. The summed E-state index contributed by atoms with van der Waals surface area (Å²) in [5.41, 5.74) is 3.39. The van der Waals surface area contributed by atoms with Crippen molar-refractivity contribution >= 4 is 35.2 Å². The Kier molecular flexibility index (Phi) is 5.17. The predicted octanol–water partition coefficient (Wildman–Crippen LogP) is 4.61. The van der Waals surface area contributed by atoms with Gasteiger partial charge in [-0.25, -0.2) is 9.78 Å². The summed E-state index contributed by atoms with van der Waals surface area (Å²) in [5.74, 6) is -0.0789. The number of rotatable bonds is 4. The summed E-state index contributed by atoms with van der Waals surface area (Å²) < 4.78 is 4.76. The van der Waals surface area contributed by atoms with E-state index in [1.54, 1.807) is 0 Å². The first-order valence-corrected chi connectivity index (χ1v) is 7.17. The first-order valence-electron chi connectivity index (χ1n) is 6.79. The van der Waals surface area contributed by atoms with Crippen LogP contribution in [0.5, 0.6) is 0 Å². The maximum atomic E-state index is 11.8. The third-order valence-electron chi connectivity index (χ3n) is 3.15. The van der Waals surface area contributed by atoms with Crippen LogP contribution in [-0.4, -0.2) is 18.1 Å². The van der Waals surface area contributed by atoms with Crippen molar-refractivity contribution in [1.29, 1.82) is 0 Å². The summed E-state index contributed by atoms with van der Waals surface area (Å²) in [6.07, 6.45) is 5.49. The molecule has 0 fully saturated rings. The zero-order valence-corrected chi connectivity index (χ0v) is 13.4. The Morgan fingerprint density at radius 2 is 2.14 bits per heavy atom. The van der Waals surface area contributed by atoms with Crippen LogP contribution >= 0.6 is 11.6 Å². The number of methoxy groups -OCH3 is 1. The Morgan fingerprint density at radius 3 is 2.82 bits per heavy atom. The largest absolute Gasteiger partial charge is 0.465 e. The Labute approximate surface area is 134 Å². The van der Waals surface area contributed by atoms with Crippen LogP contribution in [0.2, 0.25) is 5.02 Å². The molecule has 2 aromatic rings. The van der Waals surface area contributed by atoms with Gasteiger partial charge in [-0.3, -0.25) is 0 Å². The number of pyridine rings is 1. The SMILES string of the molecule is C/C=C\c1cc(Nc2ncc(Cl)cc2C(=O)OC)ccc1C. The highest BCUT2D eigenvalue weighted by atomic mass is 35.5. The minimum atomic E-state index is -0.488. The van der Waals surface area contributed by atoms with Crippen molar-refractivity contribution in [2.75, 3.05) is 12.4 Å². The third-order valence-corrected chi connectivity index (χ3v) is 3.35. The fourth-order valence-corrected chi connectivity index (χ4v) is 2.18. The van der Waals surface area contributed by atoms with E-state index in [1.165, 1.54) is 24.9 Å². The second kappa shape index (κ2) is 7.09. The number of anilines is 2. The number of aryl methyl sites for hydroxylation is 1. The lowest BCUT2D eigenvalue weighted by molar-refractivity contribution is 0.0601. The van der Waals surface area contributed by atoms with E-state index in [9.17, 15) is 4.79 Å². The number of halogens is 1. The Bertz CT molecular complexity index is 727. The summed E-state index contributed by atoms with van der Waals surface area (Å²) in [5, 5.41) is 3.52. The molecule has 0 aliphatic carbocycles.